The normalized spacial score (nSPS) is 17.1. The number of hydrogen-bond acceptors (Lipinski definition) is 5. The average Bonchev–Trinajstić information content (AvgIpc) is 2.75. The Morgan fingerprint density at radius 1 is 1.10 bits per heavy atom. The fourth-order valence-corrected chi connectivity index (χ4v) is 3.48. The molecule has 0 radical (unpaired) electrons. The number of benzene rings is 1. The zero-order chi connectivity index (χ0) is 20.5. The van der Waals surface area contributed by atoms with Crippen LogP contribution in [0.2, 0.25) is 0 Å². The molecule has 1 aromatic carbocycles. The molecule has 0 bridgehead atoms. The molecule has 3 N–H and O–H groups in total. The highest BCUT2D eigenvalue weighted by molar-refractivity contribution is 5.85. The van der Waals surface area contributed by atoms with Crippen LogP contribution in [0.3, 0.4) is 0 Å². The van der Waals surface area contributed by atoms with E-state index in [1.54, 1.807) is 7.11 Å². The van der Waals surface area contributed by atoms with E-state index in [0.717, 1.165) is 12.0 Å². The molecule has 3 atom stereocenters. The van der Waals surface area contributed by atoms with Gasteiger partial charge in [-0.1, -0.05) is 37.3 Å². The molecule has 9 heteroatoms. The van der Waals surface area contributed by atoms with E-state index in [-0.39, 0.29) is 54.6 Å². The number of nitrogens with one attached hydrogen (secondary N) is 1. The summed E-state index contributed by atoms with van der Waals surface area (Å²) in [4.78, 5) is 29.1. The first-order chi connectivity index (χ1) is 13.5. The maximum absolute atomic E-state index is 12.9. The lowest BCUT2D eigenvalue weighted by atomic mass is 9.94. The molecule has 0 saturated carbocycles. The number of methoxy groups -OCH3 is 1. The smallest absolute Gasteiger partial charge is 0.237 e. The van der Waals surface area contributed by atoms with Gasteiger partial charge in [-0.2, -0.15) is 0 Å². The highest BCUT2D eigenvalue weighted by Crippen LogP contribution is 2.22. The number of halogens is 2. The number of hydrogen-bond donors (Lipinski definition) is 2. The summed E-state index contributed by atoms with van der Waals surface area (Å²) in [6.45, 7) is 7.66. The SMILES string of the molecule is COCCCNC(=O)C(C)N1CCN(C(=O)C(C)C(N)c2ccccc2)CC1.Cl.Cl. The Kier molecular flexibility index (Phi) is 13.9. The number of carbonyl (C=O) groups is 2. The fourth-order valence-electron chi connectivity index (χ4n) is 3.48. The van der Waals surface area contributed by atoms with Crippen LogP contribution in [0.4, 0.5) is 0 Å². The van der Waals surface area contributed by atoms with Gasteiger partial charge in [0.1, 0.15) is 0 Å². The van der Waals surface area contributed by atoms with E-state index in [9.17, 15) is 9.59 Å². The first kappa shape index (κ1) is 28.6. The third kappa shape index (κ3) is 8.04. The van der Waals surface area contributed by atoms with Crippen molar-refractivity contribution in [3.63, 3.8) is 0 Å². The Morgan fingerprint density at radius 3 is 2.27 bits per heavy atom. The molecule has 1 aliphatic rings. The van der Waals surface area contributed by atoms with Crippen LogP contribution >= 0.6 is 24.8 Å². The second kappa shape index (κ2) is 14.6. The first-order valence-corrected chi connectivity index (χ1v) is 10.1. The van der Waals surface area contributed by atoms with Crippen LogP contribution < -0.4 is 11.1 Å². The lowest BCUT2D eigenvalue weighted by Gasteiger charge is -2.39. The molecular weight excluding hydrogens is 427 g/mol. The molecule has 172 valence electrons. The lowest BCUT2D eigenvalue weighted by molar-refractivity contribution is -0.138. The molecule has 1 heterocycles. The van der Waals surface area contributed by atoms with Crippen molar-refractivity contribution in [3.8, 4) is 0 Å². The molecule has 30 heavy (non-hydrogen) atoms. The van der Waals surface area contributed by atoms with Crippen molar-refractivity contribution in [2.24, 2.45) is 11.7 Å². The van der Waals surface area contributed by atoms with Gasteiger partial charge in [0.05, 0.1) is 12.0 Å². The Hall–Kier alpha value is -1.38. The Bertz CT molecular complexity index is 628. The first-order valence-electron chi connectivity index (χ1n) is 10.1. The standard InChI is InChI=1S/C21H34N4O3.2ClH/c1-16(19(22)18-8-5-4-6-9-18)21(27)25-13-11-24(12-14-25)17(2)20(26)23-10-7-15-28-3;;/h4-6,8-9,16-17,19H,7,10-15,22H2,1-3H3,(H,23,26);2*1H. The second-order valence-electron chi connectivity index (χ2n) is 7.40. The summed E-state index contributed by atoms with van der Waals surface area (Å²) in [6, 6.07) is 9.21. The van der Waals surface area contributed by atoms with Crippen molar-refractivity contribution >= 4 is 36.6 Å². The maximum Gasteiger partial charge on any atom is 0.237 e. The largest absolute Gasteiger partial charge is 0.385 e. The van der Waals surface area contributed by atoms with Crippen molar-refractivity contribution in [2.45, 2.75) is 32.4 Å². The van der Waals surface area contributed by atoms with Crippen LogP contribution in [0, 0.1) is 5.92 Å². The number of rotatable bonds is 9. The molecular formula is C21H36Cl2N4O3. The molecule has 1 aliphatic heterocycles. The van der Waals surface area contributed by atoms with Gasteiger partial charge in [-0.25, -0.2) is 0 Å². The van der Waals surface area contributed by atoms with Gasteiger partial charge in [-0.15, -0.1) is 24.8 Å². The number of piperazine rings is 1. The van der Waals surface area contributed by atoms with E-state index in [1.165, 1.54) is 0 Å². The summed E-state index contributed by atoms with van der Waals surface area (Å²) in [7, 11) is 1.65. The summed E-state index contributed by atoms with van der Waals surface area (Å²) in [5, 5.41) is 2.94. The molecule has 0 spiro atoms. The van der Waals surface area contributed by atoms with Crippen molar-refractivity contribution in [1.82, 2.24) is 15.1 Å². The van der Waals surface area contributed by atoms with Gasteiger partial charge < -0.3 is 20.7 Å². The van der Waals surface area contributed by atoms with E-state index in [4.69, 9.17) is 10.5 Å². The van der Waals surface area contributed by atoms with E-state index in [2.05, 4.69) is 10.2 Å². The fraction of sp³-hybridized carbons (Fsp3) is 0.619. The molecule has 0 aromatic heterocycles. The van der Waals surface area contributed by atoms with Crippen LogP contribution in [0.15, 0.2) is 30.3 Å². The Labute approximate surface area is 192 Å². The summed E-state index contributed by atoms with van der Waals surface area (Å²) in [5.74, 6) is -0.182. The molecule has 3 unspecified atom stereocenters. The van der Waals surface area contributed by atoms with Gasteiger partial charge in [0.15, 0.2) is 0 Å². The Morgan fingerprint density at radius 2 is 1.70 bits per heavy atom. The van der Waals surface area contributed by atoms with Crippen molar-refractivity contribution < 1.29 is 14.3 Å². The van der Waals surface area contributed by atoms with Gasteiger partial charge in [0.2, 0.25) is 11.8 Å². The number of nitrogens with zero attached hydrogens (tertiary/aromatic N) is 2. The summed E-state index contributed by atoms with van der Waals surface area (Å²) < 4.78 is 4.99. The van der Waals surface area contributed by atoms with Crippen LogP contribution in [-0.2, 0) is 14.3 Å². The summed E-state index contributed by atoms with van der Waals surface area (Å²) in [6.07, 6.45) is 0.802. The minimum atomic E-state index is -0.316. The monoisotopic (exact) mass is 462 g/mol. The highest BCUT2D eigenvalue weighted by atomic mass is 35.5. The van der Waals surface area contributed by atoms with Crippen LogP contribution in [0.1, 0.15) is 31.9 Å². The lowest BCUT2D eigenvalue weighted by Crippen LogP contribution is -2.56. The van der Waals surface area contributed by atoms with E-state index >= 15 is 0 Å². The quantitative estimate of drug-likeness (QED) is 0.546. The van der Waals surface area contributed by atoms with Crippen molar-refractivity contribution in [1.29, 1.82) is 0 Å². The van der Waals surface area contributed by atoms with Gasteiger partial charge >= 0.3 is 0 Å². The summed E-state index contributed by atoms with van der Waals surface area (Å²) >= 11 is 0. The van der Waals surface area contributed by atoms with Gasteiger partial charge in [-0.3, -0.25) is 14.5 Å². The second-order valence-corrected chi connectivity index (χ2v) is 7.40. The van der Waals surface area contributed by atoms with Crippen LogP contribution in [-0.4, -0.2) is 74.1 Å². The highest BCUT2D eigenvalue weighted by Gasteiger charge is 2.31. The predicted molar refractivity (Wildman–Crippen MR) is 124 cm³/mol. The third-order valence-electron chi connectivity index (χ3n) is 5.49. The predicted octanol–water partition coefficient (Wildman–Crippen LogP) is 1.85. The van der Waals surface area contributed by atoms with E-state index in [1.807, 2.05) is 49.1 Å². The Balaban J connectivity index is 0.00000420. The topological polar surface area (TPSA) is 87.9 Å². The van der Waals surface area contributed by atoms with E-state index < -0.39 is 0 Å². The average molecular weight is 463 g/mol. The molecule has 2 rings (SSSR count). The van der Waals surface area contributed by atoms with Gasteiger partial charge in [0, 0.05) is 52.5 Å². The van der Waals surface area contributed by atoms with E-state index in [0.29, 0.717) is 39.3 Å². The zero-order valence-electron chi connectivity index (χ0n) is 18.1. The number of nitrogens with two attached hydrogens (primary N) is 1. The minimum absolute atomic E-state index is 0. The molecule has 7 nitrogen and oxygen atoms in total. The maximum atomic E-state index is 12.9. The van der Waals surface area contributed by atoms with Crippen LogP contribution in [0.25, 0.3) is 0 Å². The summed E-state index contributed by atoms with van der Waals surface area (Å²) in [5.41, 5.74) is 7.28. The number of ether oxygens (including phenoxy) is 1. The third-order valence-corrected chi connectivity index (χ3v) is 5.49. The number of carbonyl (C=O) groups excluding carboxylic acids is 2. The molecule has 1 fully saturated rings. The minimum Gasteiger partial charge on any atom is -0.385 e. The number of amides is 2. The zero-order valence-corrected chi connectivity index (χ0v) is 19.7. The van der Waals surface area contributed by atoms with Crippen molar-refractivity contribution in [3.05, 3.63) is 35.9 Å². The van der Waals surface area contributed by atoms with Crippen LogP contribution in [0.5, 0.6) is 0 Å². The van der Waals surface area contributed by atoms with Gasteiger partial charge in [0.25, 0.3) is 0 Å². The van der Waals surface area contributed by atoms with Gasteiger partial charge in [-0.05, 0) is 18.9 Å². The molecule has 0 aliphatic carbocycles. The molecule has 1 saturated heterocycles. The van der Waals surface area contributed by atoms with Crippen molar-refractivity contribution in [2.75, 3.05) is 46.4 Å². The molecule has 1 aromatic rings. The molecule has 2 amide bonds.